The van der Waals surface area contributed by atoms with Gasteiger partial charge in [0, 0.05) is 17.7 Å². The minimum atomic E-state index is 0.228. The molecule has 2 heterocycles. The van der Waals surface area contributed by atoms with Gasteiger partial charge in [-0.25, -0.2) is 4.68 Å². The summed E-state index contributed by atoms with van der Waals surface area (Å²) in [6.07, 6.45) is 2.37. The normalized spacial score (nSPS) is 11.4. The first kappa shape index (κ1) is 20.7. The maximum atomic E-state index is 6.33. The molecule has 0 radical (unpaired) electrons. The van der Waals surface area contributed by atoms with Crippen LogP contribution < -0.4 is 4.74 Å². The Morgan fingerprint density at radius 3 is 2.54 bits per heavy atom. The average Bonchev–Trinajstić information content (AvgIpc) is 3.09. The minimum Gasteiger partial charge on any atom is -0.439 e. The van der Waals surface area contributed by atoms with E-state index >= 15 is 0 Å². The summed E-state index contributed by atoms with van der Waals surface area (Å²) in [6.45, 7) is 4.14. The smallest absolute Gasteiger partial charge is 0.226 e. The van der Waals surface area contributed by atoms with Crippen molar-refractivity contribution in [3.63, 3.8) is 0 Å². The third-order valence-electron chi connectivity index (χ3n) is 4.20. The highest BCUT2D eigenvalue weighted by Crippen LogP contribution is 2.27. The van der Waals surface area contributed by atoms with Crippen molar-refractivity contribution in [3.05, 3.63) is 55.5 Å². The molecule has 3 rings (SSSR count). The van der Waals surface area contributed by atoms with Crippen LogP contribution in [-0.2, 0) is 32.0 Å². The fourth-order valence-corrected chi connectivity index (χ4v) is 3.41. The van der Waals surface area contributed by atoms with Crippen LogP contribution >= 0.6 is 34.2 Å². The zero-order valence-electron chi connectivity index (χ0n) is 16.1. The summed E-state index contributed by atoms with van der Waals surface area (Å²) >= 11 is 8.59. The molecule has 0 spiro atoms. The predicted molar refractivity (Wildman–Crippen MR) is 117 cm³/mol. The van der Waals surface area contributed by atoms with Crippen molar-refractivity contribution in [1.82, 2.24) is 19.6 Å². The molecule has 7 nitrogen and oxygen atoms in total. The lowest BCUT2D eigenvalue weighted by atomic mass is 10.3. The highest BCUT2D eigenvalue weighted by Gasteiger charge is 2.15. The zero-order valence-corrected chi connectivity index (χ0v) is 19.0. The van der Waals surface area contributed by atoms with E-state index in [1.165, 1.54) is 0 Å². The number of nitrogens with zero attached hydrogens (tertiary/aromatic N) is 5. The van der Waals surface area contributed by atoms with Crippen LogP contribution in [0.1, 0.15) is 29.6 Å². The monoisotopic (exact) mass is 513 g/mol. The lowest BCUT2D eigenvalue weighted by Crippen LogP contribution is -2.00. The molecule has 3 aromatic rings. The maximum absolute atomic E-state index is 6.33. The van der Waals surface area contributed by atoms with Crippen LogP contribution in [-0.4, -0.2) is 25.8 Å². The van der Waals surface area contributed by atoms with Gasteiger partial charge in [0.25, 0.3) is 0 Å². The van der Waals surface area contributed by atoms with Gasteiger partial charge >= 0.3 is 0 Å². The second kappa shape index (κ2) is 8.95. The van der Waals surface area contributed by atoms with Crippen LogP contribution in [0.2, 0.25) is 5.02 Å². The van der Waals surface area contributed by atoms with E-state index in [4.69, 9.17) is 21.2 Å². The molecule has 0 fully saturated rings. The molecule has 148 valence electrons. The van der Waals surface area contributed by atoms with Gasteiger partial charge < -0.3 is 9.57 Å². The molecule has 0 saturated heterocycles. The molecule has 2 aromatic heterocycles. The SMILES string of the molecule is CCc1nn(C)c(CO/N=C/c2c(C)nn(C)c2Oc2ccc(I)cc2)c1Cl. The van der Waals surface area contributed by atoms with Crippen LogP contribution in [0, 0.1) is 10.5 Å². The number of aryl methyl sites for hydroxylation is 4. The third-order valence-corrected chi connectivity index (χ3v) is 5.36. The Bertz CT molecular complexity index is 995. The molecule has 0 aliphatic carbocycles. The number of halogens is 2. The Morgan fingerprint density at radius 2 is 1.89 bits per heavy atom. The Balaban J connectivity index is 1.73. The summed E-state index contributed by atoms with van der Waals surface area (Å²) in [4.78, 5) is 5.46. The largest absolute Gasteiger partial charge is 0.439 e. The second-order valence-electron chi connectivity index (χ2n) is 6.18. The van der Waals surface area contributed by atoms with Gasteiger partial charge in [-0.1, -0.05) is 23.7 Å². The number of rotatable bonds is 7. The number of hydrogen-bond acceptors (Lipinski definition) is 5. The number of hydrogen-bond donors (Lipinski definition) is 0. The van der Waals surface area contributed by atoms with Crippen LogP contribution in [0.25, 0.3) is 0 Å². The second-order valence-corrected chi connectivity index (χ2v) is 7.80. The number of ether oxygens (including phenoxy) is 1. The molecule has 0 atom stereocenters. The minimum absolute atomic E-state index is 0.228. The fraction of sp³-hybridized carbons (Fsp3) is 0.316. The first-order chi connectivity index (χ1) is 13.4. The summed E-state index contributed by atoms with van der Waals surface area (Å²) in [7, 11) is 3.67. The molecule has 0 aliphatic heterocycles. The van der Waals surface area contributed by atoms with E-state index in [1.54, 1.807) is 15.6 Å². The van der Waals surface area contributed by atoms with Crippen molar-refractivity contribution >= 4 is 40.4 Å². The third kappa shape index (κ3) is 4.49. The molecule has 9 heteroatoms. The van der Waals surface area contributed by atoms with Gasteiger partial charge in [-0.15, -0.1) is 0 Å². The van der Waals surface area contributed by atoms with Crippen LogP contribution in [0.3, 0.4) is 0 Å². The van der Waals surface area contributed by atoms with E-state index in [1.807, 2.05) is 52.2 Å². The van der Waals surface area contributed by atoms with Crippen molar-refractivity contribution in [1.29, 1.82) is 0 Å². The first-order valence-corrected chi connectivity index (χ1v) is 10.2. The van der Waals surface area contributed by atoms with Crippen molar-refractivity contribution in [2.45, 2.75) is 26.9 Å². The lowest BCUT2D eigenvalue weighted by molar-refractivity contribution is 0.126. The lowest BCUT2D eigenvalue weighted by Gasteiger charge is -2.07. The van der Waals surface area contributed by atoms with E-state index < -0.39 is 0 Å². The Morgan fingerprint density at radius 1 is 1.18 bits per heavy atom. The average molecular weight is 514 g/mol. The van der Waals surface area contributed by atoms with Crippen molar-refractivity contribution in [2.75, 3.05) is 0 Å². The Kier molecular flexibility index (Phi) is 6.61. The molecule has 1 aromatic carbocycles. The van der Waals surface area contributed by atoms with Crippen LogP contribution in [0.15, 0.2) is 29.4 Å². The summed E-state index contributed by atoms with van der Waals surface area (Å²) < 4.78 is 10.5. The fourth-order valence-electron chi connectivity index (χ4n) is 2.70. The maximum Gasteiger partial charge on any atom is 0.226 e. The highest BCUT2D eigenvalue weighted by atomic mass is 127. The molecule has 28 heavy (non-hydrogen) atoms. The number of aromatic nitrogens is 4. The molecule has 0 aliphatic rings. The van der Waals surface area contributed by atoms with E-state index in [2.05, 4.69) is 37.9 Å². The van der Waals surface area contributed by atoms with Crippen molar-refractivity contribution in [2.24, 2.45) is 19.3 Å². The van der Waals surface area contributed by atoms with Gasteiger partial charge in [0.15, 0.2) is 6.61 Å². The van der Waals surface area contributed by atoms with Crippen molar-refractivity contribution < 1.29 is 9.57 Å². The van der Waals surface area contributed by atoms with Gasteiger partial charge in [0.1, 0.15) is 5.75 Å². The topological polar surface area (TPSA) is 66.5 Å². The number of oxime groups is 1. The molecular formula is C19H21ClIN5O2. The molecule has 0 bridgehead atoms. The van der Waals surface area contributed by atoms with Gasteiger partial charge in [-0.2, -0.15) is 10.2 Å². The molecule has 0 N–H and O–H groups in total. The molecule has 0 saturated carbocycles. The zero-order chi connectivity index (χ0) is 20.3. The van der Waals surface area contributed by atoms with E-state index in [-0.39, 0.29) is 6.61 Å². The summed E-state index contributed by atoms with van der Waals surface area (Å²) in [6, 6.07) is 7.80. The summed E-state index contributed by atoms with van der Waals surface area (Å²) in [5.41, 5.74) is 3.19. The standard InChI is InChI=1S/C19H21ClIN5O2/c1-5-16-18(20)17(25(3)24-16)11-27-22-10-15-12(2)23-26(4)19(15)28-14-8-6-13(21)7-9-14/h6-10H,5,11H2,1-4H3/b22-10+. The van der Waals surface area contributed by atoms with E-state index in [0.29, 0.717) is 10.9 Å². The van der Waals surface area contributed by atoms with E-state index in [9.17, 15) is 0 Å². The Hall–Kier alpha value is -2.07. The Labute approximate surface area is 182 Å². The summed E-state index contributed by atoms with van der Waals surface area (Å²) in [5.74, 6) is 1.32. The molecule has 0 unspecified atom stereocenters. The predicted octanol–water partition coefficient (Wildman–Crippen LogP) is 4.63. The van der Waals surface area contributed by atoms with E-state index in [0.717, 1.165) is 38.4 Å². The number of benzene rings is 1. The van der Waals surface area contributed by atoms with Crippen LogP contribution in [0.4, 0.5) is 0 Å². The van der Waals surface area contributed by atoms with Gasteiger partial charge in [-0.3, -0.25) is 4.68 Å². The highest BCUT2D eigenvalue weighted by molar-refractivity contribution is 14.1. The molecule has 0 amide bonds. The molecular weight excluding hydrogens is 493 g/mol. The van der Waals surface area contributed by atoms with Gasteiger partial charge in [0.2, 0.25) is 5.88 Å². The summed E-state index contributed by atoms with van der Waals surface area (Å²) in [5, 5.41) is 13.5. The van der Waals surface area contributed by atoms with Gasteiger partial charge in [-0.05, 0) is 60.2 Å². The van der Waals surface area contributed by atoms with Crippen LogP contribution in [0.5, 0.6) is 11.6 Å². The van der Waals surface area contributed by atoms with Crippen molar-refractivity contribution in [3.8, 4) is 11.6 Å². The van der Waals surface area contributed by atoms with Gasteiger partial charge in [0.05, 0.1) is 33.9 Å². The quantitative estimate of drug-likeness (QED) is 0.263. The first-order valence-electron chi connectivity index (χ1n) is 8.73.